The van der Waals surface area contributed by atoms with E-state index in [0.717, 1.165) is 16.3 Å². The topological polar surface area (TPSA) is 67.8 Å². The van der Waals surface area contributed by atoms with Crippen molar-refractivity contribution in [2.75, 3.05) is 5.32 Å². The van der Waals surface area contributed by atoms with Crippen LogP contribution in [0.25, 0.3) is 0 Å². The highest BCUT2D eigenvalue weighted by Gasteiger charge is 2.16. The van der Waals surface area contributed by atoms with Crippen LogP contribution in [-0.2, 0) is 6.42 Å². The van der Waals surface area contributed by atoms with Crippen molar-refractivity contribution in [2.45, 2.75) is 30.2 Å². The van der Waals surface area contributed by atoms with Crippen LogP contribution in [0.1, 0.15) is 29.2 Å². The molecule has 0 unspecified atom stereocenters. The summed E-state index contributed by atoms with van der Waals surface area (Å²) in [5, 5.41) is 13.1. The first-order valence-corrected chi connectivity index (χ1v) is 9.57. The molecule has 7 heteroatoms. The number of pyridine rings is 1. The number of hydrogen-bond acceptors (Lipinski definition) is 6. The first-order chi connectivity index (χ1) is 12.1. The van der Waals surface area contributed by atoms with Crippen LogP contribution < -0.4 is 5.32 Å². The van der Waals surface area contributed by atoms with Crippen molar-refractivity contribution >= 4 is 34.1 Å². The van der Waals surface area contributed by atoms with Crippen molar-refractivity contribution in [3.05, 3.63) is 59.2 Å². The first kappa shape index (κ1) is 17.6. The molecule has 25 heavy (non-hydrogen) atoms. The fourth-order valence-corrected chi connectivity index (χ4v) is 3.99. The van der Waals surface area contributed by atoms with E-state index in [1.165, 1.54) is 23.1 Å². The minimum atomic E-state index is -0.223. The van der Waals surface area contributed by atoms with E-state index in [0.29, 0.717) is 21.6 Å². The number of benzene rings is 1. The molecule has 1 aromatic carbocycles. The maximum atomic E-state index is 12.6. The van der Waals surface area contributed by atoms with Gasteiger partial charge in [0.2, 0.25) is 5.13 Å². The molecule has 0 aliphatic rings. The zero-order chi connectivity index (χ0) is 17.6. The lowest BCUT2D eigenvalue weighted by Gasteiger charge is -2.07. The molecule has 3 aromatic rings. The Bertz CT molecular complexity index is 849. The van der Waals surface area contributed by atoms with Gasteiger partial charge in [-0.1, -0.05) is 55.1 Å². The summed E-state index contributed by atoms with van der Waals surface area (Å²) in [5.41, 5.74) is 0.525. The summed E-state index contributed by atoms with van der Waals surface area (Å²) in [7, 11) is 0. The Balaban J connectivity index is 1.75. The average Bonchev–Trinajstić information content (AvgIpc) is 3.02. The first-order valence-electron chi connectivity index (χ1n) is 7.93. The highest BCUT2D eigenvalue weighted by molar-refractivity contribution is 7.99. The van der Waals surface area contributed by atoms with Crippen LogP contribution >= 0.6 is 23.1 Å². The summed E-state index contributed by atoms with van der Waals surface area (Å²) in [5.74, 6) is 0.280. The average molecular weight is 371 g/mol. The van der Waals surface area contributed by atoms with Crippen molar-refractivity contribution in [2.24, 2.45) is 5.92 Å². The molecule has 1 N–H and O–H groups in total. The molecule has 2 aromatic heterocycles. The van der Waals surface area contributed by atoms with Gasteiger partial charge in [-0.15, -0.1) is 10.2 Å². The third kappa shape index (κ3) is 4.87. The Morgan fingerprint density at radius 3 is 2.72 bits per heavy atom. The zero-order valence-electron chi connectivity index (χ0n) is 14.0. The molecular weight excluding hydrogens is 352 g/mol. The monoisotopic (exact) mass is 370 g/mol. The molecule has 1 amide bonds. The number of rotatable bonds is 6. The predicted octanol–water partition coefficient (Wildman–Crippen LogP) is 4.54. The molecule has 5 nitrogen and oxygen atoms in total. The lowest BCUT2D eigenvalue weighted by atomic mass is 10.1. The molecule has 0 saturated heterocycles. The number of anilines is 1. The van der Waals surface area contributed by atoms with Gasteiger partial charge in [-0.05, 0) is 30.2 Å². The van der Waals surface area contributed by atoms with Crippen LogP contribution in [0.15, 0.2) is 58.6 Å². The summed E-state index contributed by atoms with van der Waals surface area (Å²) in [6.45, 7) is 4.25. The quantitative estimate of drug-likeness (QED) is 0.690. The highest BCUT2D eigenvalue weighted by atomic mass is 32.2. The van der Waals surface area contributed by atoms with E-state index in [4.69, 9.17) is 0 Å². The summed E-state index contributed by atoms with van der Waals surface area (Å²) in [4.78, 5) is 18.0. The Kier molecular flexibility index (Phi) is 5.78. The predicted molar refractivity (Wildman–Crippen MR) is 101 cm³/mol. The molecular formula is C18H18N4OS2. The summed E-state index contributed by atoms with van der Waals surface area (Å²) in [6.07, 6.45) is 2.54. The zero-order valence-corrected chi connectivity index (χ0v) is 15.6. The molecule has 2 heterocycles. The number of carbonyl (C=O) groups excluding carboxylic acids is 1. The number of nitrogens with zero attached hydrogens (tertiary/aromatic N) is 3. The van der Waals surface area contributed by atoms with Gasteiger partial charge in [0.15, 0.2) is 0 Å². The Morgan fingerprint density at radius 2 is 1.96 bits per heavy atom. The standard InChI is InChI=1S/C18H18N4OS2/c1-12(2)11-15-21-22-18(25-15)20-16(23)14-9-6-10-19-17(14)24-13-7-4-3-5-8-13/h3-10,12H,11H2,1-2H3,(H,20,22,23). The van der Waals surface area contributed by atoms with Crippen molar-refractivity contribution in [1.29, 1.82) is 0 Å². The second-order valence-electron chi connectivity index (χ2n) is 5.82. The molecule has 0 bridgehead atoms. The highest BCUT2D eigenvalue weighted by Crippen LogP contribution is 2.29. The lowest BCUT2D eigenvalue weighted by molar-refractivity contribution is 0.102. The Labute approximate surface area is 154 Å². The van der Waals surface area contributed by atoms with E-state index >= 15 is 0 Å². The summed E-state index contributed by atoms with van der Waals surface area (Å²) in [6, 6.07) is 13.4. The van der Waals surface area contributed by atoms with Crippen LogP contribution in [-0.4, -0.2) is 21.1 Å². The number of aromatic nitrogens is 3. The second-order valence-corrected chi connectivity index (χ2v) is 7.95. The fourth-order valence-electron chi connectivity index (χ4n) is 2.15. The van der Waals surface area contributed by atoms with E-state index in [-0.39, 0.29) is 5.91 Å². The molecule has 0 aliphatic heterocycles. The van der Waals surface area contributed by atoms with Crippen molar-refractivity contribution in [3.8, 4) is 0 Å². The van der Waals surface area contributed by atoms with Gasteiger partial charge in [-0.2, -0.15) is 0 Å². The van der Waals surface area contributed by atoms with Gasteiger partial charge in [0, 0.05) is 17.5 Å². The van der Waals surface area contributed by atoms with Crippen LogP contribution in [0, 0.1) is 5.92 Å². The molecule has 0 saturated carbocycles. The molecule has 0 spiro atoms. The van der Waals surface area contributed by atoms with Gasteiger partial charge in [-0.25, -0.2) is 4.98 Å². The van der Waals surface area contributed by atoms with Crippen molar-refractivity contribution in [3.63, 3.8) is 0 Å². The van der Waals surface area contributed by atoms with E-state index < -0.39 is 0 Å². The van der Waals surface area contributed by atoms with Crippen LogP contribution in [0.5, 0.6) is 0 Å². The Morgan fingerprint density at radius 1 is 1.16 bits per heavy atom. The maximum absolute atomic E-state index is 12.6. The maximum Gasteiger partial charge on any atom is 0.260 e. The normalized spacial score (nSPS) is 10.8. The largest absolute Gasteiger partial charge is 0.296 e. The number of carbonyl (C=O) groups is 1. The summed E-state index contributed by atoms with van der Waals surface area (Å²) >= 11 is 2.87. The fraction of sp³-hybridized carbons (Fsp3) is 0.222. The van der Waals surface area contributed by atoms with Crippen molar-refractivity contribution < 1.29 is 4.79 Å². The molecule has 0 radical (unpaired) electrons. The van der Waals surface area contributed by atoms with Gasteiger partial charge in [0.1, 0.15) is 10.0 Å². The van der Waals surface area contributed by atoms with E-state index in [1.54, 1.807) is 18.3 Å². The smallest absolute Gasteiger partial charge is 0.260 e. The Hall–Kier alpha value is -2.25. The molecule has 0 atom stereocenters. The van der Waals surface area contributed by atoms with Crippen LogP contribution in [0.4, 0.5) is 5.13 Å². The molecule has 0 aliphatic carbocycles. The van der Waals surface area contributed by atoms with Gasteiger partial charge in [0.05, 0.1) is 5.56 Å². The van der Waals surface area contributed by atoms with E-state index in [1.807, 2.05) is 30.3 Å². The number of amides is 1. The van der Waals surface area contributed by atoms with Crippen LogP contribution in [0.3, 0.4) is 0 Å². The van der Waals surface area contributed by atoms with Gasteiger partial charge in [-0.3, -0.25) is 10.1 Å². The third-order valence-corrected chi connectivity index (χ3v) is 5.13. The van der Waals surface area contributed by atoms with Gasteiger partial charge in [0.25, 0.3) is 5.91 Å². The minimum Gasteiger partial charge on any atom is -0.296 e. The second kappa shape index (κ2) is 8.22. The minimum absolute atomic E-state index is 0.223. The SMILES string of the molecule is CC(C)Cc1nnc(NC(=O)c2cccnc2Sc2ccccc2)s1. The third-order valence-electron chi connectivity index (χ3n) is 3.24. The van der Waals surface area contributed by atoms with Crippen LogP contribution in [0.2, 0.25) is 0 Å². The summed E-state index contributed by atoms with van der Waals surface area (Å²) < 4.78 is 0. The lowest BCUT2D eigenvalue weighted by Crippen LogP contribution is -2.13. The number of nitrogens with one attached hydrogen (secondary N) is 1. The van der Waals surface area contributed by atoms with Crippen molar-refractivity contribution in [1.82, 2.24) is 15.2 Å². The van der Waals surface area contributed by atoms with E-state index in [9.17, 15) is 4.79 Å². The molecule has 0 fully saturated rings. The van der Waals surface area contributed by atoms with E-state index in [2.05, 4.69) is 34.3 Å². The van der Waals surface area contributed by atoms with Gasteiger partial charge >= 0.3 is 0 Å². The molecule has 3 rings (SSSR count). The molecule has 128 valence electrons. The number of hydrogen-bond donors (Lipinski definition) is 1. The van der Waals surface area contributed by atoms with Gasteiger partial charge < -0.3 is 0 Å².